The molecule has 3 aromatic rings. The van der Waals surface area contributed by atoms with Crippen molar-refractivity contribution in [2.24, 2.45) is 5.73 Å². The average Bonchev–Trinajstić information content (AvgIpc) is 3.21. The van der Waals surface area contributed by atoms with Gasteiger partial charge in [-0.15, -0.1) is 10.2 Å². The van der Waals surface area contributed by atoms with E-state index in [-0.39, 0.29) is 11.9 Å². The summed E-state index contributed by atoms with van der Waals surface area (Å²) in [6.45, 7) is 2.31. The average molecular weight is 341 g/mol. The standard InChI is InChI=1S/C18H16FN3OS/c1-10-21-22-18(24-10)12-4-2-3-11(5-12)13-6-14-7-15(9-20)23-17(14)16(19)8-13/h2-6,8,15H,7,9,20H2,1H3/t15-/m0/s1. The number of halogens is 1. The first kappa shape index (κ1) is 15.2. The van der Waals surface area contributed by atoms with E-state index in [4.69, 9.17) is 10.5 Å². The van der Waals surface area contributed by atoms with Crippen LogP contribution in [0.25, 0.3) is 21.7 Å². The summed E-state index contributed by atoms with van der Waals surface area (Å²) in [5.74, 6) is 0.000663. The molecular weight excluding hydrogens is 325 g/mol. The van der Waals surface area contributed by atoms with Gasteiger partial charge >= 0.3 is 0 Å². The van der Waals surface area contributed by atoms with Gasteiger partial charge in [-0.1, -0.05) is 29.5 Å². The topological polar surface area (TPSA) is 61.0 Å². The number of benzene rings is 2. The van der Waals surface area contributed by atoms with Gasteiger partial charge in [0, 0.05) is 24.1 Å². The first-order valence-corrected chi connectivity index (χ1v) is 8.56. The van der Waals surface area contributed by atoms with Crippen molar-refractivity contribution in [1.29, 1.82) is 0 Å². The number of hydrogen-bond acceptors (Lipinski definition) is 5. The number of aromatic nitrogens is 2. The lowest BCUT2D eigenvalue weighted by Crippen LogP contribution is -2.24. The molecule has 0 amide bonds. The molecule has 1 aliphatic heterocycles. The molecular formula is C18H16FN3OS. The molecule has 4 nitrogen and oxygen atoms in total. The molecule has 0 spiro atoms. The zero-order chi connectivity index (χ0) is 16.7. The molecule has 2 aromatic carbocycles. The summed E-state index contributed by atoms with van der Waals surface area (Å²) in [5.41, 5.74) is 9.27. The van der Waals surface area contributed by atoms with Gasteiger partial charge in [0.15, 0.2) is 11.6 Å². The van der Waals surface area contributed by atoms with Crippen LogP contribution in [0.5, 0.6) is 5.75 Å². The molecule has 0 radical (unpaired) electrons. The molecule has 0 aliphatic carbocycles. The molecule has 122 valence electrons. The van der Waals surface area contributed by atoms with Gasteiger partial charge in [0.2, 0.25) is 0 Å². The van der Waals surface area contributed by atoms with E-state index in [1.54, 1.807) is 11.3 Å². The van der Waals surface area contributed by atoms with E-state index in [1.165, 1.54) is 6.07 Å². The molecule has 6 heteroatoms. The minimum absolute atomic E-state index is 0.138. The molecule has 0 unspecified atom stereocenters. The number of nitrogens with two attached hydrogens (primary N) is 1. The second kappa shape index (κ2) is 5.96. The zero-order valence-corrected chi connectivity index (χ0v) is 13.9. The summed E-state index contributed by atoms with van der Waals surface area (Å²) < 4.78 is 19.9. The van der Waals surface area contributed by atoms with Gasteiger partial charge in [-0.3, -0.25) is 0 Å². The van der Waals surface area contributed by atoms with Gasteiger partial charge < -0.3 is 10.5 Å². The Morgan fingerprint density at radius 3 is 2.79 bits per heavy atom. The third-order valence-corrected chi connectivity index (χ3v) is 4.97. The van der Waals surface area contributed by atoms with Gasteiger partial charge in [-0.25, -0.2) is 4.39 Å². The van der Waals surface area contributed by atoms with E-state index in [1.807, 2.05) is 37.3 Å². The maximum atomic E-state index is 14.4. The number of rotatable bonds is 3. The van der Waals surface area contributed by atoms with Crippen molar-refractivity contribution < 1.29 is 9.13 Å². The molecule has 1 aromatic heterocycles. The summed E-state index contributed by atoms with van der Waals surface area (Å²) in [6.07, 6.45) is 0.506. The van der Waals surface area contributed by atoms with E-state index in [0.717, 1.165) is 32.3 Å². The summed E-state index contributed by atoms with van der Waals surface area (Å²) >= 11 is 1.54. The molecule has 1 atom stereocenters. The minimum atomic E-state index is -0.337. The van der Waals surface area contributed by atoms with Crippen LogP contribution in [0.4, 0.5) is 4.39 Å². The Kier molecular flexibility index (Phi) is 3.78. The van der Waals surface area contributed by atoms with Crippen LogP contribution >= 0.6 is 11.3 Å². The quantitative estimate of drug-likeness (QED) is 0.791. The maximum absolute atomic E-state index is 14.4. The van der Waals surface area contributed by atoms with Crippen LogP contribution in [0, 0.1) is 12.7 Å². The highest BCUT2D eigenvalue weighted by molar-refractivity contribution is 7.14. The molecule has 0 fully saturated rings. The number of aryl methyl sites for hydroxylation is 1. The van der Waals surface area contributed by atoms with Crippen LogP contribution in [0.2, 0.25) is 0 Å². The fourth-order valence-electron chi connectivity index (χ4n) is 2.93. The fraction of sp³-hybridized carbons (Fsp3) is 0.222. The van der Waals surface area contributed by atoms with Crippen LogP contribution in [0.1, 0.15) is 10.6 Å². The van der Waals surface area contributed by atoms with Crippen LogP contribution < -0.4 is 10.5 Å². The SMILES string of the molecule is Cc1nnc(-c2cccc(-c3cc(F)c4c(c3)C[C@@H](CN)O4)c2)s1. The maximum Gasteiger partial charge on any atom is 0.165 e. The lowest BCUT2D eigenvalue weighted by molar-refractivity contribution is 0.232. The predicted octanol–water partition coefficient (Wildman–Crippen LogP) is 3.58. The highest BCUT2D eigenvalue weighted by Crippen LogP contribution is 2.36. The van der Waals surface area contributed by atoms with Crippen molar-refractivity contribution in [2.75, 3.05) is 6.54 Å². The first-order valence-electron chi connectivity index (χ1n) is 7.74. The largest absolute Gasteiger partial charge is 0.485 e. The van der Waals surface area contributed by atoms with Crippen molar-refractivity contribution in [1.82, 2.24) is 10.2 Å². The van der Waals surface area contributed by atoms with Crippen LogP contribution in [0.15, 0.2) is 36.4 Å². The van der Waals surface area contributed by atoms with Gasteiger partial charge in [-0.05, 0) is 36.2 Å². The van der Waals surface area contributed by atoms with Gasteiger partial charge in [0.1, 0.15) is 16.1 Å². The predicted molar refractivity (Wildman–Crippen MR) is 92.7 cm³/mol. The Morgan fingerprint density at radius 1 is 1.21 bits per heavy atom. The first-order chi connectivity index (χ1) is 11.6. The number of fused-ring (bicyclic) bond motifs is 1. The van der Waals surface area contributed by atoms with Crippen molar-refractivity contribution in [3.8, 4) is 27.4 Å². The second-order valence-corrected chi connectivity index (χ2v) is 7.01. The van der Waals surface area contributed by atoms with Crippen molar-refractivity contribution in [3.05, 3.63) is 52.8 Å². The molecule has 24 heavy (non-hydrogen) atoms. The Bertz CT molecular complexity index is 909. The molecule has 0 bridgehead atoms. The fourth-order valence-corrected chi connectivity index (χ4v) is 3.62. The summed E-state index contributed by atoms with van der Waals surface area (Å²) in [7, 11) is 0. The van der Waals surface area contributed by atoms with Gasteiger partial charge in [0.25, 0.3) is 0 Å². The summed E-state index contributed by atoms with van der Waals surface area (Å²) in [4.78, 5) is 0. The Morgan fingerprint density at radius 2 is 2.04 bits per heavy atom. The lowest BCUT2D eigenvalue weighted by atomic mass is 9.99. The van der Waals surface area contributed by atoms with E-state index in [9.17, 15) is 4.39 Å². The minimum Gasteiger partial charge on any atom is -0.485 e. The molecule has 2 N–H and O–H groups in total. The summed E-state index contributed by atoms with van der Waals surface area (Å²) in [6, 6.07) is 11.4. The lowest BCUT2D eigenvalue weighted by Gasteiger charge is -2.08. The smallest absolute Gasteiger partial charge is 0.165 e. The molecule has 0 saturated heterocycles. The Hall–Kier alpha value is -2.31. The van der Waals surface area contributed by atoms with Crippen LogP contribution in [-0.4, -0.2) is 22.8 Å². The van der Waals surface area contributed by atoms with E-state index in [0.29, 0.717) is 18.7 Å². The summed E-state index contributed by atoms with van der Waals surface area (Å²) in [5, 5.41) is 10.0. The molecule has 4 rings (SSSR count). The third kappa shape index (κ3) is 2.68. The second-order valence-electron chi connectivity index (χ2n) is 5.83. The van der Waals surface area contributed by atoms with Crippen LogP contribution in [0.3, 0.4) is 0 Å². The molecule has 1 aliphatic rings. The Balaban J connectivity index is 1.74. The van der Waals surface area contributed by atoms with Crippen molar-refractivity contribution in [2.45, 2.75) is 19.4 Å². The monoisotopic (exact) mass is 341 g/mol. The Labute approximate surface area is 143 Å². The highest BCUT2D eigenvalue weighted by Gasteiger charge is 2.25. The molecule has 0 saturated carbocycles. The van der Waals surface area contributed by atoms with E-state index in [2.05, 4.69) is 10.2 Å². The van der Waals surface area contributed by atoms with E-state index >= 15 is 0 Å². The van der Waals surface area contributed by atoms with Gasteiger partial charge in [0.05, 0.1) is 0 Å². The zero-order valence-electron chi connectivity index (χ0n) is 13.1. The number of hydrogen-bond donors (Lipinski definition) is 1. The molecule has 2 heterocycles. The third-order valence-electron chi connectivity index (χ3n) is 4.08. The van der Waals surface area contributed by atoms with E-state index < -0.39 is 0 Å². The number of nitrogens with zero attached hydrogens (tertiary/aromatic N) is 2. The van der Waals surface area contributed by atoms with Crippen LogP contribution in [-0.2, 0) is 6.42 Å². The number of ether oxygens (including phenoxy) is 1. The van der Waals surface area contributed by atoms with Crippen molar-refractivity contribution in [3.63, 3.8) is 0 Å². The highest BCUT2D eigenvalue weighted by atomic mass is 32.1. The van der Waals surface area contributed by atoms with Gasteiger partial charge in [-0.2, -0.15) is 0 Å². The normalized spacial score (nSPS) is 16.0. The van der Waals surface area contributed by atoms with Crippen molar-refractivity contribution >= 4 is 11.3 Å².